The van der Waals surface area contributed by atoms with E-state index in [0.717, 1.165) is 6.42 Å². The van der Waals surface area contributed by atoms with Crippen molar-refractivity contribution >= 4 is 5.97 Å². The van der Waals surface area contributed by atoms with E-state index in [1.807, 2.05) is 39.8 Å². The second-order valence-electron chi connectivity index (χ2n) is 8.36. The Hall–Kier alpha value is -1.51. The zero-order chi connectivity index (χ0) is 20.1. The van der Waals surface area contributed by atoms with Gasteiger partial charge >= 0.3 is 5.97 Å². The van der Waals surface area contributed by atoms with E-state index < -0.39 is 42.1 Å². The molecular formula is C21H28O7. The standard InChI is InChI=1S/C21H28O7/c1-6-12-7-9-13(10-8-12)18(22)23-11-14-15-16(26-20(2,3)25-15)17-19(24-14)28-21(4,5)27-17/h7-10,14-17,19H,6,11H2,1-5H3/t14-,15-,16-,17+,19+/m0/s1. The summed E-state index contributed by atoms with van der Waals surface area (Å²) in [6, 6.07) is 7.40. The Morgan fingerprint density at radius 3 is 2.21 bits per heavy atom. The summed E-state index contributed by atoms with van der Waals surface area (Å²) in [5, 5.41) is 0. The van der Waals surface area contributed by atoms with Crippen molar-refractivity contribution in [1.29, 1.82) is 0 Å². The zero-order valence-electron chi connectivity index (χ0n) is 17.0. The Morgan fingerprint density at radius 2 is 1.54 bits per heavy atom. The van der Waals surface area contributed by atoms with Gasteiger partial charge < -0.3 is 28.4 Å². The molecule has 0 saturated carbocycles. The molecule has 7 heteroatoms. The summed E-state index contributed by atoms with van der Waals surface area (Å²) < 4.78 is 35.5. The van der Waals surface area contributed by atoms with Crippen LogP contribution < -0.4 is 0 Å². The van der Waals surface area contributed by atoms with Crippen LogP contribution in [-0.2, 0) is 34.8 Å². The Morgan fingerprint density at radius 1 is 0.929 bits per heavy atom. The zero-order valence-corrected chi connectivity index (χ0v) is 17.0. The molecule has 5 atom stereocenters. The maximum absolute atomic E-state index is 12.4. The largest absolute Gasteiger partial charge is 0.459 e. The van der Waals surface area contributed by atoms with Crippen molar-refractivity contribution in [2.75, 3.05) is 6.61 Å². The summed E-state index contributed by atoms with van der Waals surface area (Å²) in [5.41, 5.74) is 1.67. The van der Waals surface area contributed by atoms with E-state index in [4.69, 9.17) is 28.4 Å². The van der Waals surface area contributed by atoms with Gasteiger partial charge in [-0.25, -0.2) is 4.79 Å². The van der Waals surface area contributed by atoms with Gasteiger partial charge in [-0.15, -0.1) is 0 Å². The number of ether oxygens (including phenoxy) is 6. The van der Waals surface area contributed by atoms with Crippen LogP contribution in [0.15, 0.2) is 24.3 Å². The molecule has 0 amide bonds. The molecule has 0 spiro atoms. The molecule has 0 aromatic heterocycles. The SMILES string of the molecule is CCc1ccc(C(=O)OC[C@@H]2O[C@@H]3OC(C)(C)O[C@@H]3[C@H]3OC(C)(C)O[C@H]32)cc1. The van der Waals surface area contributed by atoms with Crippen molar-refractivity contribution in [3.63, 3.8) is 0 Å². The summed E-state index contributed by atoms with van der Waals surface area (Å²) in [6.45, 7) is 9.47. The van der Waals surface area contributed by atoms with E-state index in [-0.39, 0.29) is 12.7 Å². The van der Waals surface area contributed by atoms with Crippen LogP contribution in [0.3, 0.4) is 0 Å². The number of hydrogen-bond acceptors (Lipinski definition) is 7. The highest BCUT2D eigenvalue weighted by Crippen LogP contribution is 2.44. The van der Waals surface area contributed by atoms with Crippen LogP contribution in [0.5, 0.6) is 0 Å². The second kappa shape index (κ2) is 7.07. The summed E-state index contributed by atoms with van der Waals surface area (Å²) in [6.07, 6.45) is -1.35. The predicted molar refractivity (Wildman–Crippen MR) is 98.6 cm³/mol. The molecule has 154 valence electrons. The number of benzene rings is 1. The molecule has 0 N–H and O–H groups in total. The third-order valence-corrected chi connectivity index (χ3v) is 5.23. The molecule has 0 unspecified atom stereocenters. The van der Waals surface area contributed by atoms with Crippen LogP contribution in [0.1, 0.15) is 50.5 Å². The monoisotopic (exact) mass is 392 g/mol. The number of rotatable bonds is 4. The molecule has 3 fully saturated rings. The highest BCUT2D eigenvalue weighted by Gasteiger charge is 2.60. The minimum atomic E-state index is -0.776. The number of carbonyl (C=O) groups excluding carboxylic acids is 1. The fourth-order valence-electron chi connectivity index (χ4n) is 3.95. The van der Waals surface area contributed by atoms with Crippen LogP contribution in [-0.4, -0.2) is 54.9 Å². The van der Waals surface area contributed by atoms with Gasteiger partial charge in [0.25, 0.3) is 0 Å². The molecular weight excluding hydrogens is 364 g/mol. The lowest BCUT2D eigenvalue weighted by molar-refractivity contribution is -0.240. The van der Waals surface area contributed by atoms with Gasteiger partial charge in [-0.05, 0) is 51.8 Å². The maximum atomic E-state index is 12.4. The van der Waals surface area contributed by atoms with E-state index in [1.165, 1.54) is 5.56 Å². The normalized spacial score (nSPS) is 35.2. The van der Waals surface area contributed by atoms with E-state index >= 15 is 0 Å². The van der Waals surface area contributed by atoms with Gasteiger partial charge in [-0.3, -0.25) is 0 Å². The first kappa shape index (κ1) is 19.8. The highest BCUT2D eigenvalue weighted by molar-refractivity contribution is 5.89. The molecule has 4 rings (SSSR count). The van der Waals surface area contributed by atoms with Gasteiger partial charge in [0.05, 0.1) is 5.56 Å². The summed E-state index contributed by atoms with van der Waals surface area (Å²) in [7, 11) is 0. The Bertz CT molecular complexity index is 727. The Labute approximate surface area is 165 Å². The lowest BCUT2D eigenvalue weighted by Crippen LogP contribution is -2.56. The lowest BCUT2D eigenvalue weighted by atomic mass is 9.99. The number of esters is 1. The summed E-state index contributed by atoms with van der Waals surface area (Å²) in [5.74, 6) is -1.95. The van der Waals surface area contributed by atoms with E-state index in [2.05, 4.69) is 6.92 Å². The van der Waals surface area contributed by atoms with Crippen molar-refractivity contribution in [3.05, 3.63) is 35.4 Å². The first-order valence-corrected chi connectivity index (χ1v) is 9.80. The topological polar surface area (TPSA) is 72.5 Å². The Balaban J connectivity index is 1.45. The summed E-state index contributed by atoms with van der Waals surface area (Å²) in [4.78, 5) is 12.4. The molecule has 28 heavy (non-hydrogen) atoms. The van der Waals surface area contributed by atoms with Gasteiger partial charge in [0.1, 0.15) is 31.0 Å². The predicted octanol–water partition coefficient (Wildman–Crippen LogP) is 2.80. The molecule has 0 radical (unpaired) electrons. The van der Waals surface area contributed by atoms with Gasteiger partial charge in [0.2, 0.25) is 0 Å². The molecule has 1 aromatic carbocycles. The quantitative estimate of drug-likeness (QED) is 0.730. The van der Waals surface area contributed by atoms with Crippen molar-refractivity contribution < 1.29 is 33.2 Å². The minimum Gasteiger partial charge on any atom is -0.459 e. The number of carbonyl (C=O) groups is 1. The van der Waals surface area contributed by atoms with Gasteiger partial charge in [-0.1, -0.05) is 19.1 Å². The molecule has 3 saturated heterocycles. The van der Waals surface area contributed by atoms with Crippen LogP contribution >= 0.6 is 0 Å². The second-order valence-corrected chi connectivity index (χ2v) is 8.36. The molecule has 3 aliphatic heterocycles. The third kappa shape index (κ3) is 3.82. The van der Waals surface area contributed by atoms with Gasteiger partial charge in [0, 0.05) is 0 Å². The van der Waals surface area contributed by atoms with E-state index in [9.17, 15) is 4.79 Å². The molecule has 7 nitrogen and oxygen atoms in total. The van der Waals surface area contributed by atoms with Crippen LogP contribution in [0.25, 0.3) is 0 Å². The van der Waals surface area contributed by atoms with Crippen molar-refractivity contribution in [2.45, 2.75) is 83.3 Å². The summed E-state index contributed by atoms with van der Waals surface area (Å²) >= 11 is 0. The van der Waals surface area contributed by atoms with Crippen molar-refractivity contribution in [2.24, 2.45) is 0 Å². The number of fused-ring (bicyclic) bond motifs is 3. The number of aryl methyl sites for hydroxylation is 1. The fraction of sp³-hybridized carbons (Fsp3) is 0.667. The minimum absolute atomic E-state index is 0.0436. The number of hydrogen-bond donors (Lipinski definition) is 0. The van der Waals surface area contributed by atoms with Crippen LogP contribution in [0.4, 0.5) is 0 Å². The average Bonchev–Trinajstić information content (AvgIpc) is 3.13. The van der Waals surface area contributed by atoms with E-state index in [1.54, 1.807) is 12.1 Å². The van der Waals surface area contributed by atoms with Gasteiger partial charge in [0.15, 0.2) is 17.9 Å². The molecule has 0 aliphatic carbocycles. The molecule has 0 bridgehead atoms. The maximum Gasteiger partial charge on any atom is 0.338 e. The molecule has 3 heterocycles. The molecule has 3 aliphatic rings. The highest BCUT2D eigenvalue weighted by atomic mass is 16.9. The lowest BCUT2D eigenvalue weighted by Gasteiger charge is -2.36. The smallest absolute Gasteiger partial charge is 0.338 e. The average molecular weight is 392 g/mol. The van der Waals surface area contributed by atoms with Crippen LogP contribution in [0.2, 0.25) is 0 Å². The first-order chi connectivity index (χ1) is 13.2. The third-order valence-electron chi connectivity index (χ3n) is 5.23. The molecule has 1 aromatic rings. The van der Waals surface area contributed by atoms with Gasteiger partial charge in [-0.2, -0.15) is 0 Å². The van der Waals surface area contributed by atoms with Crippen molar-refractivity contribution in [1.82, 2.24) is 0 Å². The Kier molecular flexibility index (Phi) is 5.00. The van der Waals surface area contributed by atoms with E-state index in [0.29, 0.717) is 5.56 Å². The fourth-order valence-corrected chi connectivity index (χ4v) is 3.95. The van der Waals surface area contributed by atoms with Crippen molar-refractivity contribution in [3.8, 4) is 0 Å². The first-order valence-electron chi connectivity index (χ1n) is 9.80. The van der Waals surface area contributed by atoms with Crippen LogP contribution in [0, 0.1) is 0 Å².